The topological polar surface area (TPSA) is 70.6 Å². The molecule has 0 amide bonds. The van der Waals surface area contributed by atoms with E-state index in [2.05, 4.69) is 26.2 Å². The second kappa shape index (κ2) is 5.88. The van der Waals surface area contributed by atoms with Crippen molar-refractivity contribution in [3.8, 4) is 17.2 Å². The Kier molecular flexibility index (Phi) is 3.47. The van der Waals surface area contributed by atoms with Gasteiger partial charge in [0.15, 0.2) is 0 Å². The standard InChI is InChI=1S/C20H17FN6/c1-26-11-24-25-20(26)18-15-9-27(10-16(15)18)19-12(7-22)3-2-4-14(19)13-5-6-17(21)23-8-13/h2-6,8,11,15-16,18H,9-10H2,1H3/t15-,16+,18?. The molecule has 0 radical (unpaired) electrons. The Labute approximate surface area is 155 Å². The number of benzene rings is 1. The number of hydrogen-bond donors (Lipinski definition) is 0. The van der Waals surface area contributed by atoms with Crippen LogP contribution >= 0.6 is 0 Å². The summed E-state index contributed by atoms with van der Waals surface area (Å²) in [6.45, 7) is 1.75. The van der Waals surface area contributed by atoms with Crippen LogP contribution in [0.15, 0.2) is 42.9 Å². The van der Waals surface area contributed by atoms with Gasteiger partial charge in [0.05, 0.1) is 11.3 Å². The molecule has 0 N–H and O–H groups in total. The molecule has 2 fully saturated rings. The molecule has 3 heterocycles. The van der Waals surface area contributed by atoms with E-state index in [1.807, 2.05) is 29.8 Å². The average molecular weight is 360 g/mol. The zero-order chi connectivity index (χ0) is 18.5. The fourth-order valence-electron chi connectivity index (χ4n) is 4.43. The SMILES string of the molecule is Cn1cnnc1C1[C@H]2CN(c3c(C#N)cccc3-c3ccc(F)nc3)C[C@@H]12. The zero-order valence-corrected chi connectivity index (χ0v) is 14.7. The highest BCUT2D eigenvalue weighted by molar-refractivity contribution is 5.83. The molecule has 0 bridgehead atoms. The van der Waals surface area contributed by atoms with Gasteiger partial charge in [-0.1, -0.05) is 12.1 Å². The number of fused-ring (bicyclic) bond motifs is 1. The molecule has 0 spiro atoms. The monoisotopic (exact) mass is 360 g/mol. The molecule has 2 aromatic heterocycles. The van der Waals surface area contributed by atoms with Gasteiger partial charge < -0.3 is 9.47 Å². The van der Waals surface area contributed by atoms with Crippen LogP contribution in [0.5, 0.6) is 0 Å². The van der Waals surface area contributed by atoms with E-state index < -0.39 is 5.95 Å². The van der Waals surface area contributed by atoms with Gasteiger partial charge in [-0.05, 0) is 30.0 Å². The number of aryl methyl sites for hydroxylation is 1. The number of anilines is 1. The second-order valence-electron chi connectivity index (χ2n) is 7.24. The third-order valence-corrected chi connectivity index (χ3v) is 5.75. The first kappa shape index (κ1) is 15.9. The summed E-state index contributed by atoms with van der Waals surface area (Å²) in [7, 11) is 1.98. The second-order valence-corrected chi connectivity index (χ2v) is 7.24. The Morgan fingerprint density at radius 1 is 1.19 bits per heavy atom. The van der Waals surface area contributed by atoms with E-state index in [0.29, 0.717) is 23.3 Å². The van der Waals surface area contributed by atoms with Gasteiger partial charge in [-0.2, -0.15) is 9.65 Å². The first-order valence-electron chi connectivity index (χ1n) is 8.91. The van der Waals surface area contributed by atoms with Crippen molar-refractivity contribution in [3.63, 3.8) is 0 Å². The average Bonchev–Trinajstić information content (AvgIpc) is 3.01. The van der Waals surface area contributed by atoms with Crippen LogP contribution < -0.4 is 4.90 Å². The van der Waals surface area contributed by atoms with Crippen molar-refractivity contribution in [2.45, 2.75) is 5.92 Å². The predicted molar refractivity (Wildman–Crippen MR) is 97.3 cm³/mol. The molecule has 7 heteroatoms. The molecule has 1 unspecified atom stereocenters. The molecule has 1 saturated heterocycles. The molecule has 27 heavy (non-hydrogen) atoms. The predicted octanol–water partition coefficient (Wildman–Crippen LogP) is 2.74. The summed E-state index contributed by atoms with van der Waals surface area (Å²) in [5, 5.41) is 17.9. The molecular weight excluding hydrogens is 343 g/mol. The number of nitriles is 1. The van der Waals surface area contributed by atoms with Gasteiger partial charge in [-0.15, -0.1) is 10.2 Å². The van der Waals surface area contributed by atoms with Crippen LogP contribution in [-0.2, 0) is 7.05 Å². The maximum absolute atomic E-state index is 13.2. The Morgan fingerprint density at radius 3 is 2.63 bits per heavy atom. The normalized spacial score (nSPS) is 23.1. The summed E-state index contributed by atoms with van der Waals surface area (Å²) >= 11 is 0. The number of halogens is 1. The molecule has 1 saturated carbocycles. The molecule has 1 aliphatic heterocycles. The highest BCUT2D eigenvalue weighted by Crippen LogP contribution is 2.58. The minimum atomic E-state index is -0.509. The van der Waals surface area contributed by atoms with Gasteiger partial charge in [-0.3, -0.25) is 0 Å². The third-order valence-electron chi connectivity index (χ3n) is 5.75. The highest BCUT2D eigenvalue weighted by atomic mass is 19.1. The number of hydrogen-bond acceptors (Lipinski definition) is 5. The fraction of sp³-hybridized carbons (Fsp3) is 0.300. The first-order chi connectivity index (χ1) is 13.2. The fourth-order valence-corrected chi connectivity index (χ4v) is 4.43. The van der Waals surface area contributed by atoms with E-state index in [9.17, 15) is 9.65 Å². The Bertz CT molecular complexity index is 1040. The lowest BCUT2D eigenvalue weighted by molar-refractivity contribution is 0.584. The van der Waals surface area contributed by atoms with Crippen LogP contribution in [0.2, 0.25) is 0 Å². The summed E-state index contributed by atoms with van der Waals surface area (Å²) in [4.78, 5) is 6.05. The van der Waals surface area contributed by atoms with Crippen LogP contribution in [0.3, 0.4) is 0 Å². The number of rotatable bonds is 3. The van der Waals surface area contributed by atoms with Crippen LogP contribution in [0, 0.1) is 29.1 Å². The number of para-hydroxylation sites is 1. The van der Waals surface area contributed by atoms with Gasteiger partial charge in [0.2, 0.25) is 5.95 Å². The quantitative estimate of drug-likeness (QED) is 0.672. The smallest absolute Gasteiger partial charge is 0.212 e. The summed E-state index contributed by atoms with van der Waals surface area (Å²) in [5.41, 5.74) is 3.28. The molecule has 3 aromatic rings. The molecule has 5 rings (SSSR count). The van der Waals surface area contributed by atoms with Gasteiger partial charge in [0.1, 0.15) is 18.2 Å². The lowest BCUT2D eigenvalue weighted by Gasteiger charge is -2.26. The molecular formula is C20H17FN6. The maximum atomic E-state index is 13.2. The number of piperidine rings is 1. The number of aromatic nitrogens is 4. The first-order valence-corrected chi connectivity index (χ1v) is 8.91. The maximum Gasteiger partial charge on any atom is 0.212 e. The molecule has 2 aliphatic rings. The Hall–Kier alpha value is -3.27. The number of pyridine rings is 1. The van der Waals surface area contributed by atoms with Crippen molar-refractivity contribution in [2.24, 2.45) is 18.9 Å². The van der Waals surface area contributed by atoms with E-state index in [-0.39, 0.29) is 0 Å². The zero-order valence-electron chi connectivity index (χ0n) is 14.7. The molecule has 134 valence electrons. The van der Waals surface area contributed by atoms with Crippen molar-refractivity contribution < 1.29 is 4.39 Å². The van der Waals surface area contributed by atoms with E-state index in [1.165, 1.54) is 12.3 Å². The van der Waals surface area contributed by atoms with Crippen molar-refractivity contribution >= 4 is 5.69 Å². The van der Waals surface area contributed by atoms with Gasteiger partial charge in [0, 0.05) is 43.4 Å². The summed E-state index contributed by atoms with van der Waals surface area (Å²) in [5.74, 6) is 2.03. The van der Waals surface area contributed by atoms with Gasteiger partial charge in [-0.25, -0.2) is 4.98 Å². The summed E-state index contributed by atoms with van der Waals surface area (Å²) in [6.07, 6.45) is 3.26. The largest absolute Gasteiger partial charge is 0.369 e. The molecule has 3 atom stereocenters. The van der Waals surface area contributed by atoms with E-state index in [4.69, 9.17) is 0 Å². The molecule has 1 aromatic carbocycles. The Balaban J connectivity index is 1.47. The van der Waals surface area contributed by atoms with Crippen LogP contribution in [0.1, 0.15) is 17.3 Å². The summed E-state index contributed by atoms with van der Waals surface area (Å²) in [6, 6.07) is 11.0. The van der Waals surface area contributed by atoms with Crippen LogP contribution in [0.4, 0.5) is 10.1 Å². The lowest BCUT2D eigenvalue weighted by Crippen LogP contribution is -2.25. The van der Waals surface area contributed by atoms with Gasteiger partial charge >= 0.3 is 0 Å². The molecule has 1 aliphatic carbocycles. The van der Waals surface area contributed by atoms with Crippen LogP contribution in [0.25, 0.3) is 11.1 Å². The summed E-state index contributed by atoms with van der Waals surface area (Å²) < 4.78 is 15.2. The third kappa shape index (κ3) is 2.48. The lowest BCUT2D eigenvalue weighted by atomic mass is 10.0. The number of nitrogens with zero attached hydrogens (tertiary/aromatic N) is 6. The van der Waals surface area contributed by atoms with Gasteiger partial charge in [0.25, 0.3) is 0 Å². The minimum Gasteiger partial charge on any atom is -0.369 e. The van der Waals surface area contributed by atoms with Crippen molar-refractivity contribution in [2.75, 3.05) is 18.0 Å². The van der Waals surface area contributed by atoms with Crippen molar-refractivity contribution in [1.29, 1.82) is 5.26 Å². The van der Waals surface area contributed by atoms with Crippen molar-refractivity contribution in [3.05, 3.63) is 60.2 Å². The molecule has 6 nitrogen and oxygen atoms in total. The highest BCUT2D eigenvalue weighted by Gasteiger charge is 2.58. The minimum absolute atomic E-state index is 0.443. The van der Waals surface area contributed by atoms with Crippen LogP contribution in [-0.4, -0.2) is 32.8 Å². The van der Waals surface area contributed by atoms with E-state index in [0.717, 1.165) is 35.7 Å². The van der Waals surface area contributed by atoms with Crippen molar-refractivity contribution in [1.82, 2.24) is 19.7 Å². The Morgan fingerprint density at radius 2 is 2.00 bits per heavy atom. The van der Waals surface area contributed by atoms with E-state index >= 15 is 0 Å². The van der Waals surface area contributed by atoms with E-state index in [1.54, 1.807) is 12.4 Å².